The first-order chi connectivity index (χ1) is 10.6. The highest BCUT2D eigenvalue weighted by atomic mass is 16.6. The first kappa shape index (κ1) is 18.3. The minimum absolute atomic E-state index is 0.152. The Morgan fingerprint density at radius 2 is 1.91 bits per heavy atom. The second-order valence-corrected chi connectivity index (χ2v) is 5.09. The number of phenols is 1. The van der Waals surface area contributed by atoms with Crippen LogP contribution in [-0.4, -0.2) is 29.8 Å². The van der Waals surface area contributed by atoms with E-state index < -0.39 is 5.97 Å². The number of aromatic hydroxyl groups is 1. The molecule has 0 atom stereocenters. The molecule has 0 fully saturated rings. The van der Waals surface area contributed by atoms with Crippen molar-refractivity contribution >= 4 is 5.97 Å². The summed E-state index contributed by atoms with van der Waals surface area (Å²) in [4.78, 5) is 15.6. The van der Waals surface area contributed by atoms with Gasteiger partial charge in [-0.3, -0.25) is 9.63 Å². The number of rotatable bonds is 12. The van der Waals surface area contributed by atoms with Crippen LogP contribution in [0.5, 0.6) is 11.5 Å². The molecule has 0 aromatic heterocycles. The van der Waals surface area contributed by atoms with Crippen LogP contribution in [-0.2, 0) is 16.2 Å². The van der Waals surface area contributed by atoms with Crippen molar-refractivity contribution in [2.75, 3.05) is 13.7 Å². The van der Waals surface area contributed by atoms with Gasteiger partial charge in [0, 0.05) is 24.6 Å². The molecule has 0 heterocycles. The molecule has 0 radical (unpaired) electrons. The average molecular weight is 311 g/mol. The van der Waals surface area contributed by atoms with Crippen LogP contribution in [0.4, 0.5) is 0 Å². The van der Waals surface area contributed by atoms with Crippen molar-refractivity contribution in [3.05, 3.63) is 23.8 Å². The van der Waals surface area contributed by atoms with Gasteiger partial charge >= 0.3 is 5.97 Å². The zero-order chi connectivity index (χ0) is 16.2. The number of unbranched alkanes of at least 4 members (excludes halogenated alkanes) is 4. The van der Waals surface area contributed by atoms with E-state index in [1.807, 2.05) is 0 Å². The summed E-state index contributed by atoms with van der Waals surface area (Å²) >= 11 is 0. The molecular weight excluding hydrogens is 286 g/mol. The molecule has 0 aliphatic rings. The number of hydrogen-bond donors (Lipinski definition) is 3. The van der Waals surface area contributed by atoms with Crippen LogP contribution >= 0.6 is 0 Å². The Kier molecular flexibility index (Phi) is 9.02. The summed E-state index contributed by atoms with van der Waals surface area (Å²) in [5, 5.41) is 18.3. The van der Waals surface area contributed by atoms with Gasteiger partial charge in [-0.05, 0) is 25.0 Å². The standard InChI is InChI=1S/C16H25NO5/c1-21-14-9-8-13(15(18)11-14)12-22-17-10-6-4-2-3-5-7-16(19)20/h8-9,11,17-18H,2-7,10,12H2,1H3,(H,19,20). The van der Waals surface area contributed by atoms with Crippen LogP contribution in [0.1, 0.15) is 44.1 Å². The zero-order valence-electron chi connectivity index (χ0n) is 13.0. The minimum atomic E-state index is -0.725. The Bertz CT molecular complexity index is 450. The van der Waals surface area contributed by atoms with E-state index in [1.54, 1.807) is 25.3 Å². The van der Waals surface area contributed by atoms with E-state index in [4.69, 9.17) is 14.7 Å². The maximum Gasteiger partial charge on any atom is 0.303 e. The van der Waals surface area contributed by atoms with Gasteiger partial charge in [-0.25, -0.2) is 5.48 Å². The Morgan fingerprint density at radius 3 is 2.59 bits per heavy atom. The van der Waals surface area contributed by atoms with E-state index >= 15 is 0 Å². The fourth-order valence-electron chi connectivity index (χ4n) is 2.00. The van der Waals surface area contributed by atoms with E-state index in [1.165, 1.54) is 0 Å². The van der Waals surface area contributed by atoms with Gasteiger partial charge < -0.3 is 14.9 Å². The fourth-order valence-corrected chi connectivity index (χ4v) is 2.00. The molecule has 0 saturated heterocycles. The maximum absolute atomic E-state index is 10.3. The van der Waals surface area contributed by atoms with E-state index in [0.29, 0.717) is 11.3 Å². The van der Waals surface area contributed by atoms with Gasteiger partial charge in [-0.15, -0.1) is 0 Å². The molecule has 6 nitrogen and oxygen atoms in total. The lowest BCUT2D eigenvalue weighted by Gasteiger charge is -2.08. The van der Waals surface area contributed by atoms with Crippen molar-refractivity contribution in [2.45, 2.75) is 45.1 Å². The Balaban J connectivity index is 2.00. The molecule has 0 spiro atoms. The smallest absolute Gasteiger partial charge is 0.303 e. The molecule has 1 aromatic rings. The number of carbonyl (C=O) groups is 1. The van der Waals surface area contributed by atoms with Crippen molar-refractivity contribution in [1.29, 1.82) is 0 Å². The number of nitrogens with one attached hydrogen (secondary N) is 1. The summed E-state index contributed by atoms with van der Waals surface area (Å²) in [6.45, 7) is 1.02. The summed E-state index contributed by atoms with van der Waals surface area (Å²) in [6.07, 6.45) is 5.01. The molecule has 6 heteroatoms. The molecule has 0 bridgehead atoms. The van der Waals surface area contributed by atoms with Crippen molar-refractivity contribution in [1.82, 2.24) is 5.48 Å². The molecule has 1 aromatic carbocycles. The summed E-state index contributed by atoms with van der Waals surface area (Å²) in [5.41, 5.74) is 3.56. The number of benzene rings is 1. The molecule has 0 unspecified atom stereocenters. The summed E-state index contributed by atoms with van der Waals surface area (Å²) in [5.74, 6) is 0.0357. The lowest BCUT2D eigenvalue weighted by molar-refractivity contribution is -0.137. The maximum atomic E-state index is 10.3. The van der Waals surface area contributed by atoms with Crippen LogP contribution in [0.3, 0.4) is 0 Å². The van der Waals surface area contributed by atoms with E-state index in [9.17, 15) is 9.90 Å². The highest BCUT2D eigenvalue weighted by Crippen LogP contribution is 2.23. The van der Waals surface area contributed by atoms with Crippen LogP contribution in [0, 0.1) is 0 Å². The third-order valence-corrected chi connectivity index (χ3v) is 3.29. The highest BCUT2D eigenvalue weighted by Gasteiger charge is 2.03. The normalized spacial score (nSPS) is 10.6. The predicted octanol–water partition coefficient (Wildman–Crippen LogP) is 2.85. The number of hydroxylamine groups is 1. The molecule has 124 valence electrons. The third kappa shape index (κ3) is 7.85. The fraction of sp³-hybridized carbons (Fsp3) is 0.562. The van der Waals surface area contributed by atoms with Gasteiger partial charge in [0.1, 0.15) is 11.5 Å². The number of methoxy groups -OCH3 is 1. The highest BCUT2D eigenvalue weighted by molar-refractivity contribution is 5.66. The molecule has 0 aliphatic carbocycles. The van der Waals surface area contributed by atoms with Crippen molar-refractivity contribution in [2.24, 2.45) is 0 Å². The number of carboxylic acids is 1. The van der Waals surface area contributed by atoms with E-state index in [-0.39, 0.29) is 18.8 Å². The lowest BCUT2D eigenvalue weighted by atomic mass is 10.1. The summed E-state index contributed by atoms with van der Waals surface area (Å²) in [6, 6.07) is 5.09. The summed E-state index contributed by atoms with van der Waals surface area (Å²) in [7, 11) is 1.55. The van der Waals surface area contributed by atoms with Gasteiger partial charge in [0.15, 0.2) is 0 Å². The topological polar surface area (TPSA) is 88.0 Å². The van der Waals surface area contributed by atoms with Crippen LogP contribution in [0.25, 0.3) is 0 Å². The first-order valence-corrected chi connectivity index (χ1v) is 7.56. The molecule has 0 saturated carbocycles. The molecule has 22 heavy (non-hydrogen) atoms. The molecule has 1 rings (SSSR count). The van der Waals surface area contributed by atoms with Gasteiger partial charge in [-0.1, -0.05) is 19.3 Å². The van der Waals surface area contributed by atoms with E-state index in [2.05, 4.69) is 5.48 Å². The number of ether oxygens (including phenoxy) is 1. The Morgan fingerprint density at radius 1 is 1.18 bits per heavy atom. The Labute approximate surface area is 131 Å². The number of hydrogen-bond acceptors (Lipinski definition) is 5. The van der Waals surface area contributed by atoms with Gasteiger partial charge in [0.2, 0.25) is 0 Å². The molecule has 0 aliphatic heterocycles. The zero-order valence-corrected chi connectivity index (χ0v) is 13.0. The van der Waals surface area contributed by atoms with Crippen LogP contribution in [0.15, 0.2) is 18.2 Å². The average Bonchev–Trinajstić information content (AvgIpc) is 2.50. The van der Waals surface area contributed by atoms with Gasteiger partial charge in [0.05, 0.1) is 13.7 Å². The monoisotopic (exact) mass is 311 g/mol. The lowest BCUT2D eigenvalue weighted by Crippen LogP contribution is -2.15. The quantitative estimate of drug-likeness (QED) is 0.406. The van der Waals surface area contributed by atoms with Crippen molar-refractivity contribution in [3.63, 3.8) is 0 Å². The number of phenolic OH excluding ortho intramolecular Hbond substituents is 1. The van der Waals surface area contributed by atoms with Gasteiger partial charge in [0.25, 0.3) is 0 Å². The largest absolute Gasteiger partial charge is 0.507 e. The minimum Gasteiger partial charge on any atom is -0.507 e. The second kappa shape index (κ2) is 10.9. The van der Waals surface area contributed by atoms with Crippen molar-refractivity contribution < 1.29 is 24.6 Å². The van der Waals surface area contributed by atoms with E-state index in [0.717, 1.165) is 38.6 Å². The third-order valence-electron chi connectivity index (χ3n) is 3.29. The molecular formula is C16H25NO5. The predicted molar refractivity (Wildman–Crippen MR) is 82.8 cm³/mol. The van der Waals surface area contributed by atoms with Gasteiger partial charge in [-0.2, -0.15) is 0 Å². The molecule has 0 amide bonds. The summed E-state index contributed by atoms with van der Waals surface area (Å²) < 4.78 is 5.01. The van der Waals surface area contributed by atoms with Crippen LogP contribution < -0.4 is 10.2 Å². The van der Waals surface area contributed by atoms with Crippen LogP contribution in [0.2, 0.25) is 0 Å². The SMILES string of the molecule is COc1ccc(CONCCCCCCCC(=O)O)c(O)c1. The second-order valence-electron chi connectivity index (χ2n) is 5.09. The number of aliphatic carboxylic acids is 1. The number of carboxylic acid groups (broad SMARTS) is 1. The Hall–Kier alpha value is -1.79. The first-order valence-electron chi connectivity index (χ1n) is 7.56. The van der Waals surface area contributed by atoms with Crippen molar-refractivity contribution in [3.8, 4) is 11.5 Å². The molecule has 3 N–H and O–H groups in total.